The number of hydrogen-bond donors (Lipinski definition) is 1. The number of aryl methyl sites for hydroxylation is 1. The zero-order valence-corrected chi connectivity index (χ0v) is 11.6. The van der Waals surface area contributed by atoms with Gasteiger partial charge in [-0.25, -0.2) is 0 Å². The molecule has 0 aliphatic carbocycles. The number of anilines is 1. The van der Waals surface area contributed by atoms with Crippen LogP contribution in [0.5, 0.6) is 0 Å². The fourth-order valence-electron chi connectivity index (χ4n) is 2.45. The van der Waals surface area contributed by atoms with Crippen molar-refractivity contribution in [2.45, 2.75) is 26.3 Å². The minimum Gasteiger partial charge on any atom is -0.481 e. The third kappa shape index (κ3) is 2.32. The predicted octanol–water partition coefficient (Wildman–Crippen LogP) is 3.06. The average Bonchev–Trinajstić information content (AvgIpc) is 2.60. The van der Waals surface area contributed by atoms with Crippen LogP contribution in [0.1, 0.15) is 18.9 Å². The lowest BCUT2D eigenvalue weighted by molar-refractivity contribution is -0.141. The molecule has 1 aromatic carbocycles. The molecule has 0 radical (unpaired) electrons. The maximum absolute atomic E-state index is 11.1. The fourth-order valence-corrected chi connectivity index (χ4v) is 3.18. The minimum absolute atomic E-state index is 0.0477. The Balaban J connectivity index is 2.27. The summed E-state index contributed by atoms with van der Waals surface area (Å²) in [5.74, 6) is -0.952. The Hall–Kier alpha value is -1.03. The zero-order valence-electron chi connectivity index (χ0n) is 9.98. The molecule has 0 aromatic heterocycles. The number of aliphatic carboxylic acids is 1. The summed E-state index contributed by atoms with van der Waals surface area (Å²) in [5.41, 5.74) is 2.29. The largest absolute Gasteiger partial charge is 0.481 e. The third-order valence-electron chi connectivity index (χ3n) is 3.48. The normalized spacial score (nSPS) is 24.1. The topological polar surface area (TPSA) is 40.5 Å². The van der Waals surface area contributed by atoms with Gasteiger partial charge >= 0.3 is 5.97 Å². The number of carbonyl (C=O) groups is 1. The van der Waals surface area contributed by atoms with Gasteiger partial charge in [-0.05, 0) is 53.9 Å². The van der Waals surface area contributed by atoms with Crippen LogP contribution < -0.4 is 4.90 Å². The van der Waals surface area contributed by atoms with E-state index in [4.69, 9.17) is 5.11 Å². The van der Waals surface area contributed by atoms with Crippen molar-refractivity contribution in [3.05, 3.63) is 28.2 Å². The van der Waals surface area contributed by atoms with Crippen LogP contribution in [-0.2, 0) is 4.79 Å². The second-order valence-corrected chi connectivity index (χ2v) is 5.48. The van der Waals surface area contributed by atoms with Crippen molar-refractivity contribution in [3.63, 3.8) is 0 Å². The van der Waals surface area contributed by atoms with Crippen LogP contribution in [0.3, 0.4) is 0 Å². The van der Waals surface area contributed by atoms with Crippen LogP contribution >= 0.6 is 15.9 Å². The van der Waals surface area contributed by atoms with Crippen LogP contribution in [0.25, 0.3) is 0 Å². The molecule has 1 aliphatic heterocycles. The molecular weight excluding hydrogens is 282 g/mol. The number of rotatable bonds is 2. The summed E-state index contributed by atoms with van der Waals surface area (Å²) in [6.45, 7) is 4.83. The lowest BCUT2D eigenvalue weighted by Crippen LogP contribution is -2.33. The summed E-state index contributed by atoms with van der Waals surface area (Å²) in [6.07, 6.45) is 0.719. The average molecular weight is 298 g/mol. The molecule has 1 aliphatic rings. The van der Waals surface area contributed by atoms with E-state index in [-0.39, 0.29) is 12.0 Å². The van der Waals surface area contributed by atoms with Gasteiger partial charge < -0.3 is 10.0 Å². The van der Waals surface area contributed by atoms with Gasteiger partial charge in [0, 0.05) is 17.1 Å². The molecule has 4 heteroatoms. The van der Waals surface area contributed by atoms with Crippen molar-refractivity contribution in [2.75, 3.05) is 11.4 Å². The van der Waals surface area contributed by atoms with E-state index in [0.717, 1.165) is 23.1 Å². The number of carboxylic acid groups (broad SMARTS) is 1. The van der Waals surface area contributed by atoms with E-state index in [9.17, 15) is 4.79 Å². The van der Waals surface area contributed by atoms with Crippen molar-refractivity contribution in [3.8, 4) is 0 Å². The lowest BCUT2D eigenvalue weighted by Gasteiger charge is -2.26. The maximum Gasteiger partial charge on any atom is 0.308 e. The van der Waals surface area contributed by atoms with Crippen molar-refractivity contribution in [2.24, 2.45) is 5.92 Å². The van der Waals surface area contributed by atoms with E-state index >= 15 is 0 Å². The monoisotopic (exact) mass is 297 g/mol. The standard InChI is InChI=1S/C13H16BrNO2/c1-8-3-4-12(11(14)7-8)15-6-5-10(9(15)2)13(16)17/h3-4,7,9-10H,5-6H2,1-2H3,(H,16,17). The first-order chi connectivity index (χ1) is 8.00. The van der Waals surface area contributed by atoms with Crippen LogP contribution in [0.2, 0.25) is 0 Å². The van der Waals surface area contributed by atoms with Crippen molar-refractivity contribution in [1.29, 1.82) is 0 Å². The summed E-state index contributed by atoms with van der Waals surface area (Å²) in [7, 11) is 0. The maximum atomic E-state index is 11.1. The summed E-state index contributed by atoms with van der Waals surface area (Å²) < 4.78 is 1.04. The summed E-state index contributed by atoms with van der Waals surface area (Å²) in [5, 5.41) is 9.12. The van der Waals surface area contributed by atoms with Gasteiger partial charge in [0.25, 0.3) is 0 Å². The molecule has 2 rings (SSSR count). The molecule has 0 saturated carbocycles. The SMILES string of the molecule is Cc1ccc(N2CCC(C(=O)O)C2C)c(Br)c1. The van der Waals surface area contributed by atoms with Crippen LogP contribution in [0.4, 0.5) is 5.69 Å². The van der Waals surface area contributed by atoms with Crippen molar-refractivity contribution < 1.29 is 9.90 Å². The Morgan fingerprint density at radius 1 is 1.53 bits per heavy atom. The first-order valence-corrected chi connectivity index (χ1v) is 6.55. The third-order valence-corrected chi connectivity index (χ3v) is 4.12. The van der Waals surface area contributed by atoms with Gasteiger partial charge in [0.15, 0.2) is 0 Å². The smallest absolute Gasteiger partial charge is 0.308 e. The van der Waals surface area contributed by atoms with E-state index in [2.05, 4.69) is 39.0 Å². The number of hydrogen-bond acceptors (Lipinski definition) is 2. The molecule has 1 N–H and O–H groups in total. The summed E-state index contributed by atoms with van der Waals surface area (Å²) >= 11 is 3.55. The highest BCUT2D eigenvalue weighted by molar-refractivity contribution is 9.10. The second kappa shape index (κ2) is 4.69. The quantitative estimate of drug-likeness (QED) is 0.912. The fraction of sp³-hybridized carbons (Fsp3) is 0.462. The first-order valence-electron chi connectivity index (χ1n) is 5.76. The van der Waals surface area contributed by atoms with Crippen molar-refractivity contribution in [1.82, 2.24) is 0 Å². The molecule has 2 atom stereocenters. The van der Waals surface area contributed by atoms with Crippen LogP contribution in [-0.4, -0.2) is 23.7 Å². The van der Waals surface area contributed by atoms with E-state index in [0.29, 0.717) is 0 Å². The number of carboxylic acids is 1. The highest BCUT2D eigenvalue weighted by Gasteiger charge is 2.36. The van der Waals surface area contributed by atoms with Crippen molar-refractivity contribution >= 4 is 27.6 Å². The van der Waals surface area contributed by atoms with E-state index in [1.165, 1.54) is 5.56 Å². The van der Waals surface area contributed by atoms with Gasteiger partial charge in [0.1, 0.15) is 0 Å². The minimum atomic E-state index is -0.691. The zero-order chi connectivity index (χ0) is 12.6. The Morgan fingerprint density at radius 2 is 2.24 bits per heavy atom. The molecule has 92 valence electrons. The second-order valence-electron chi connectivity index (χ2n) is 4.62. The van der Waals surface area contributed by atoms with Gasteiger partial charge in [-0.2, -0.15) is 0 Å². The van der Waals surface area contributed by atoms with Crippen LogP contribution in [0, 0.1) is 12.8 Å². The number of benzene rings is 1. The van der Waals surface area contributed by atoms with E-state index in [1.807, 2.05) is 13.8 Å². The van der Waals surface area contributed by atoms with Gasteiger partial charge in [-0.3, -0.25) is 4.79 Å². The van der Waals surface area contributed by atoms with Gasteiger partial charge in [-0.15, -0.1) is 0 Å². The molecule has 3 nitrogen and oxygen atoms in total. The number of nitrogens with zero attached hydrogens (tertiary/aromatic N) is 1. The van der Waals surface area contributed by atoms with E-state index in [1.54, 1.807) is 0 Å². The molecule has 1 heterocycles. The molecule has 2 unspecified atom stereocenters. The summed E-state index contributed by atoms with van der Waals surface area (Å²) in [6, 6.07) is 6.23. The Kier molecular flexibility index (Phi) is 3.43. The Morgan fingerprint density at radius 3 is 2.76 bits per heavy atom. The molecule has 1 fully saturated rings. The Bertz CT molecular complexity index is 447. The molecule has 0 amide bonds. The van der Waals surface area contributed by atoms with Gasteiger partial charge in [0.2, 0.25) is 0 Å². The van der Waals surface area contributed by atoms with E-state index < -0.39 is 5.97 Å². The molecule has 0 bridgehead atoms. The van der Waals surface area contributed by atoms with Gasteiger partial charge in [0.05, 0.1) is 11.6 Å². The molecule has 1 aromatic rings. The Labute approximate surface area is 110 Å². The summed E-state index contributed by atoms with van der Waals surface area (Å²) in [4.78, 5) is 13.3. The molecular formula is C13H16BrNO2. The lowest BCUT2D eigenvalue weighted by atomic mass is 10.0. The molecule has 17 heavy (non-hydrogen) atoms. The highest BCUT2D eigenvalue weighted by Crippen LogP contribution is 2.35. The van der Waals surface area contributed by atoms with Gasteiger partial charge in [-0.1, -0.05) is 6.07 Å². The highest BCUT2D eigenvalue weighted by atomic mass is 79.9. The van der Waals surface area contributed by atoms with Crippen LogP contribution in [0.15, 0.2) is 22.7 Å². The first kappa shape index (κ1) is 12.4. The molecule has 1 saturated heterocycles. The number of halogens is 1. The molecule has 0 spiro atoms. The predicted molar refractivity (Wildman–Crippen MR) is 71.4 cm³/mol.